The van der Waals surface area contributed by atoms with Crippen molar-refractivity contribution in [2.45, 2.75) is 6.18 Å². The minimum absolute atomic E-state index is 0.145. The molecule has 11 heteroatoms. The molecular formula is C12H6F3N5O3. The zero-order chi connectivity index (χ0) is 17.4. The van der Waals surface area contributed by atoms with E-state index in [9.17, 15) is 28.1 Å². The fourth-order valence-electron chi connectivity index (χ4n) is 1.76. The zero-order valence-electron chi connectivity index (χ0n) is 11.0. The Morgan fingerprint density at radius 2 is 2.09 bits per heavy atom. The largest absolute Gasteiger partial charge is 0.416 e. The molecule has 2 rings (SSSR count). The number of hydrogen-bond acceptors (Lipinski definition) is 6. The summed E-state index contributed by atoms with van der Waals surface area (Å²) >= 11 is 0. The van der Waals surface area contributed by atoms with Crippen LogP contribution in [-0.2, 0) is 6.18 Å². The Morgan fingerprint density at radius 3 is 2.57 bits per heavy atom. The lowest BCUT2D eigenvalue weighted by Gasteiger charge is -2.08. The fraction of sp³-hybridized carbons (Fsp3) is 0.0833. The predicted molar refractivity (Wildman–Crippen MR) is 69.2 cm³/mol. The minimum atomic E-state index is -4.80. The molecule has 0 aliphatic carbocycles. The Morgan fingerprint density at radius 1 is 1.43 bits per heavy atom. The lowest BCUT2D eigenvalue weighted by Crippen LogP contribution is -2.18. The second-order valence-corrected chi connectivity index (χ2v) is 4.26. The second kappa shape index (κ2) is 5.41. The third kappa shape index (κ3) is 2.82. The Labute approximate surface area is 125 Å². The van der Waals surface area contributed by atoms with Crippen molar-refractivity contribution < 1.29 is 22.9 Å². The SMILES string of the molecule is N#Cc1cnn(C(=O)c2ccc(C(F)(F)F)cc2[N+](=O)[O-])c1N. The van der Waals surface area contributed by atoms with E-state index >= 15 is 0 Å². The van der Waals surface area contributed by atoms with E-state index in [-0.39, 0.29) is 17.4 Å². The molecule has 0 unspecified atom stereocenters. The van der Waals surface area contributed by atoms with Crippen molar-refractivity contribution in [3.8, 4) is 6.07 Å². The van der Waals surface area contributed by atoms with E-state index < -0.39 is 33.8 Å². The molecule has 0 saturated heterocycles. The van der Waals surface area contributed by atoms with Gasteiger partial charge in [0.15, 0.2) is 0 Å². The molecule has 2 aromatic rings. The van der Waals surface area contributed by atoms with E-state index in [0.29, 0.717) is 16.8 Å². The van der Waals surface area contributed by atoms with Crippen LogP contribution in [0.15, 0.2) is 24.4 Å². The summed E-state index contributed by atoms with van der Waals surface area (Å²) in [6, 6.07) is 3.09. The maximum absolute atomic E-state index is 12.6. The van der Waals surface area contributed by atoms with E-state index in [1.807, 2.05) is 0 Å². The summed E-state index contributed by atoms with van der Waals surface area (Å²) in [4.78, 5) is 22.0. The smallest absolute Gasteiger partial charge is 0.382 e. The van der Waals surface area contributed by atoms with Crippen LogP contribution in [0.25, 0.3) is 0 Å². The number of anilines is 1. The second-order valence-electron chi connectivity index (χ2n) is 4.26. The number of benzene rings is 1. The number of carbonyl (C=O) groups is 1. The van der Waals surface area contributed by atoms with Gasteiger partial charge in [-0.15, -0.1) is 0 Å². The molecule has 1 aromatic carbocycles. The predicted octanol–water partition coefficient (Wildman–Crippen LogP) is 1.95. The number of nitriles is 1. The summed E-state index contributed by atoms with van der Waals surface area (Å²) in [6.45, 7) is 0. The van der Waals surface area contributed by atoms with E-state index in [0.717, 1.165) is 6.20 Å². The van der Waals surface area contributed by atoms with Crippen LogP contribution in [0.5, 0.6) is 0 Å². The lowest BCUT2D eigenvalue weighted by molar-refractivity contribution is -0.385. The Balaban J connectivity index is 2.59. The molecule has 1 heterocycles. The molecule has 0 spiro atoms. The first-order valence-corrected chi connectivity index (χ1v) is 5.80. The van der Waals surface area contributed by atoms with Crippen molar-refractivity contribution in [2.75, 3.05) is 5.73 Å². The van der Waals surface area contributed by atoms with Crippen LogP contribution in [0.2, 0.25) is 0 Å². The Kier molecular flexibility index (Phi) is 3.75. The molecule has 118 valence electrons. The van der Waals surface area contributed by atoms with Crippen LogP contribution in [0, 0.1) is 21.4 Å². The van der Waals surface area contributed by atoms with Crippen molar-refractivity contribution in [1.82, 2.24) is 9.78 Å². The highest BCUT2D eigenvalue weighted by Gasteiger charge is 2.34. The quantitative estimate of drug-likeness (QED) is 0.664. The highest BCUT2D eigenvalue weighted by Crippen LogP contribution is 2.33. The van der Waals surface area contributed by atoms with Crippen LogP contribution in [-0.4, -0.2) is 20.6 Å². The Hall–Kier alpha value is -3.42. The summed E-state index contributed by atoms with van der Waals surface area (Å²) in [5.74, 6) is -1.49. The van der Waals surface area contributed by atoms with Gasteiger partial charge >= 0.3 is 6.18 Å². The normalized spacial score (nSPS) is 11.0. The molecule has 0 saturated carbocycles. The van der Waals surface area contributed by atoms with E-state index in [2.05, 4.69) is 5.10 Å². The average Bonchev–Trinajstić information content (AvgIpc) is 2.85. The van der Waals surface area contributed by atoms with Crippen molar-refractivity contribution >= 4 is 17.4 Å². The zero-order valence-corrected chi connectivity index (χ0v) is 11.0. The van der Waals surface area contributed by atoms with Gasteiger partial charge in [-0.05, 0) is 12.1 Å². The van der Waals surface area contributed by atoms with Crippen LogP contribution in [0.4, 0.5) is 24.7 Å². The van der Waals surface area contributed by atoms with Gasteiger partial charge in [0.1, 0.15) is 23.0 Å². The number of halogens is 3. The summed E-state index contributed by atoms with van der Waals surface area (Å²) < 4.78 is 38.4. The van der Waals surface area contributed by atoms with Gasteiger partial charge in [0.25, 0.3) is 11.6 Å². The number of alkyl halides is 3. The minimum Gasteiger partial charge on any atom is -0.382 e. The molecule has 8 nitrogen and oxygen atoms in total. The van der Waals surface area contributed by atoms with Crippen LogP contribution in [0.3, 0.4) is 0 Å². The van der Waals surface area contributed by atoms with E-state index in [4.69, 9.17) is 11.0 Å². The van der Waals surface area contributed by atoms with Gasteiger partial charge in [0.2, 0.25) is 0 Å². The van der Waals surface area contributed by atoms with Crippen LogP contribution >= 0.6 is 0 Å². The van der Waals surface area contributed by atoms with Crippen LogP contribution in [0.1, 0.15) is 21.5 Å². The fourth-order valence-corrected chi connectivity index (χ4v) is 1.76. The van der Waals surface area contributed by atoms with Gasteiger partial charge in [0, 0.05) is 6.07 Å². The highest BCUT2D eigenvalue weighted by atomic mass is 19.4. The number of aromatic nitrogens is 2. The number of carbonyl (C=O) groups excluding carboxylic acids is 1. The molecule has 0 atom stereocenters. The van der Waals surface area contributed by atoms with E-state index in [1.165, 1.54) is 0 Å². The van der Waals surface area contributed by atoms with Gasteiger partial charge < -0.3 is 5.73 Å². The number of nitrogens with two attached hydrogens (primary N) is 1. The highest BCUT2D eigenvalue weighted by molar-refractivity contribution is 6.01. The first kappa shape index (κ1) is 16.0. The number of hydrogen-bond donors (Lipinski definition) is 1. The first-order chi connectivity index (χ1) is 10.7. The molecule has 2 N–H and O–H groups in total. The van der Waals surface area contributed by atoms with Gasteiger partial charge in [-0.1, -0.05) is 0 Å². The Bertz CT molecular complexity index is 851. The van der Waals surface area contributed by atoms with Gasteiger partial charge in [-0.25, -0.2) is 0 Å². The van der Waals surface area contributed by atoms with Gasteiger partial charge in [-0.3, -0.25) is 14.9 Å². The van der Waals surface area contributed by atoms with Crippen molar-refractivity contribution in [2.24, 2.45) is 0 Å². The molecule has 0 aliphatic rings. The van der Waals surface area contributed by atoms with Crippen molar-refractivity contribution in [3.05, 3.63) is 51.2 Å². The van der Waals surface area contributed by atoms with Gasteiger partial charge in [0.05, 0.1) is 16.7 Å². The standard InChI is InChI=1S/C12H6F3N5O3/c13-12(14,15)7-1-2-8(9(3-7)20(22)23)11(21)19-10(17)6(4-16)5-18-19/h1-3,5H,17H2. The maximum atomic E-state index is 12.6. The summed E-state index contributed by atoms with van der Waals surface area (Å²) in [5, 5.41) is 23.2. The monoisotopic (exact) mass is 325 g/mol. The average molecular weight is 325 g/mol. The maximum Gasteiger partial charge on any atom is 0.416 e. The number of nitro groups is 1. The van der Waals surface area contributed by atoms with Crippen LogP contribution < -0.4 is 5.73 Å². The summed E-state index contributed by atoms with van der Waals surface area (Å²) in [5.41, 5.74) is 2.39. The molecule has 0 amide bonds. The van der Waals surface area contributed by atoms with Crippen molar-refractivity contribution in [1.29, 1.82) is 5.26 Å². The lowest BCUT2D eigenvalue weighted by atomic mass is 10.1. The van der Waals surface area contributed by atoms with Crippen molar-refractivity contribution in [3.63, 3.8) is 0 Å². The molecule has 1 aromatic heterocycles. The number of nitrogens with zero attached hydrogens (tertiary/aromatic N) is 4. The topological polar surface area (TPSA) is 128 Å². The number of rotatable bonds is 2. The number of nitro benzene ring substituents is 1. The third-order valence-corrected chi connectivity index (χ3v) is 2.87. The molecular weight excluding hydrogens is 319 g/mol. The molecule has 0 fully saturated rings. The van der Waals surface area contributed by atoms with Gasteiger partial charge in [-0.2, -0.15) is 28.2 Å². The third-order valence-electron chi connectivity index (χ3n) is 2.87. The first-order valence-electron chi connectivity index (χ1n) is 5.80. The molecule has 0 aliphatic heterocycles. The molecule has 23 heavy (non-hydrogen) atoms. The summed E-state index contributed by atoms with van der Waals surface area (Å²) in [6.07, 6.45) is -3.84. The number of nitrogen functional groups attached to an aromatic ring is 1. The molecule has 0 radical (unpaired) electrons. The molecule has 0 bridgehead atoms. The summed E-state index contributed by atoms with van der Waals surface area (Å²) in [7, 11) is 0. The van der Waals surface area contributed by atoms with E-state index in [1.54, 1.807) is 6.07 Å².